The number of morpholine rings is 1. The maximum atomic E-state index is 6.37. The predicted octanol–water partition coefficient (Wildman–Crippen LogP) is 3.43. The van der Waals surface area contributed by atoms with Crippen LogP contribution in [-0.2, 0) is 4.74 Å². The van der Waals surface area contributed by atoms with Gasteiger partial charge in [-0.05, 0) is 18.4 Å². The molecule has 2 heterocycles. The van der Waals surface area contributed by atoms with E-state index in [9.17, 15) is 0 Å². The van der Waals surface area contributed by atoms with Gasteiger partial charge in [0.05, 0.1) is 6.10 Å². The van der Waals surface area contributed by atoms with Crippen LogP contribution in [0.1, 0.15) is 31.2 Å². The fraction of sp³-hybridized carbons (Fsp3) is 0.474. The van der Waals surface area contributed by atoms with Gasteiger partial charge in [0.25, 0.3) is 0 Å². The minimum absolute atomic E-state index is 0.0562. The van der Waals surface area contributed by atoms with Crippen molar-refractivity contribution < 1.29 is 4.74 Å². The van der Waals surface area contributed by atoms with Gasteiger partial charge in [0.1, 0.15) is 11.9 Å². The van der Waals surface area contributed by atoms with Crippen LogP contribution in [0.25, 0.3) is 0 Å². The lowest BCUT2D eigenvalue weighted by molar-refractivity contribution is -0.0500. The molecule has 1 fully saturated rings. The average molecular weight is 326 g/mol. The molecule has 1 aliphatic heterocycles. The molecule has 1 N–H and O–H groups in total. The summed E-state index contributed by atoms with van der Waals surface area (Å²) in [4.78, 5) is 11.4. The van der Waals surface area contributed by atoms with E-state index in [1.165, 1.54) is 5.56 Å². The minimum Gasteiger partial charge on any atom is -0.366 e. The average Bonchev–Trinajstić information content (AvgIpc) is 2.61. The summed E-state index contributed by atoms with van der Waals surface area (Å²) in [5.41, 5.74) is 2.18. The molecule has 3 rings (SSSR count). The zero-order valence-corrected chi connectivity index (χ0v) is 14.9. The van der Waals surface area contributed by atoms with Crippen LogP contribution in [0.5, 0.6) is 0 Å². The van der Waals surface area contributed by atoms with Crippen molar-refractivity contribution in [1.82, 2.24) is 9.97 Å². The van der Waals surface area contributed by atoms with Crippen LogP contribution in [0, 0.1) is 12.8 Å². The Labute approximate surface area is 144 Å². The van der Waals surface area contributed by atoms with Crippen LogP contribution in [-0.4, -0.2) is 36.2 Å². The number of hydrogen-bond acceptors (Lipinski definition) is 5. The van der Waals surface area contributed by atoms with Crippen molar-refractivity contribution in [3.8, 4) is 0 Å². The van der Waals surface area contributed by atoms with Crippen LogP contribution < -0.4 is 10.2 Å². The highest BCUT2D eigenvalue weighted by molar-refractivity contribution is 5.45. The molecular formula is C19H26N4O. The van der Waals surface area contributed by atoms with Gasteiger partial charge in [-0.15, -0.1) is 0 Å². The number of anilines is 2. The second kappa shape index (κ2) is 7.18. The first kappa shape index (κ1) is 16.7. The highest BCUT2D eigenvalue weighted by Gasteiger charge is 2.31. The summed E-state index contributed by atoms with van der Waals surface area (Å²) in [5.74, 6) is 2.07. The smallest absolute Gasteiger partial charge is 0.224 e. The van der Waals surface area contributed by atoms with Gasteiger partial charge in [-0.3, -0.25) is 0 Å². The zero-order valence-electron chi connectivity index (χ0n) is 14.9. The van der Waals surface area contributed by atoms with Crippen molar-refractivity contribution in [2.45, 2.75) is 33.0 Å². The minimum atomic E-state index is 0.0562. The topological polar surface area (TPSA) is 50.3 Å². The van der Waals surface area contributed by atoms with Crippen LogP contribution >= 0.6 is 0 Å². The van der Waals surface area contributed by atoms with Crippen molar-refractivity contribution >= 4 is 11.8 Å². The van der Waals surface area contributed by atoms with Gasteiger partial charge in [0.2, 0.25) is 5.95 Å². The fourth-order valence-electron chi connectivity index (χ4n) is 3.02. The Morgan fingerprint density at radius 2 is 1.92 bits per heavy atom. The van der Waals surface area contributed by atoms with E-state index in [4.69, 9.17) is 4.74 Å². The molecule has 5 nitrogen and oxygen atoms in total. The third kappa shape index (κ3) is 3.67. The summed E-state index contributed by atoms with van der Waals surface area (Å²) < 4.78 is 6.37. The van der Waals surface area contributed by atoms with Crippen molar-refractivity contribution in [2.24, 2.45) is 5.92 Å². The monoisotopic (exact) mass is 326 g/mol. The number of aryl methyl sites for hydroxylation is 1. The number of rotatable bonds is 4. The molecule has 1 aromatic carbocycles. The van der Waals surface area contributed by atoms with Crippen LogP contribution in [0.3, 0.4) is 0 Å². The standard InChI is InChI=1S/C19H26N4O/c1-13(2)16-11-23(18-10-14(3)21-19(20-4)22-18)12-17(24-16)15-8-6-5-7-9-15/h5-10,13,16-17H,11-12H2,1-4H3,(H,20,21,22)/t16-,17+/m1/s1. The first-order valence-electron chi connectivity index (χ1n) is 8.55. The molecule has 24 heavy (non-hydrogen) atoms. The van der Waals surface area contributed by atoms with Gasteiger partial charge in [0, 0.05) is 31.9 Å². The Hall–Kier alpha value is -2.14. The van der Waals surface area contributed by atoms with E-state index in [2.05, 4.69) is 58.3 Å². The lowest BCUT2D eigenvalue weighted by atomic mass is 10.0. The maximum Gasteiger partial charge on any atom is 0.224 e. The number of nitrogens with one attached hydrogen (secondary N) is 1. The molecule has 1 saturated heterocycles. The summed E-state index contributed by atoms with van der Waals surface area (Å²) in [5, 5.41) is 3.04. The van der Waals surface area contributed by atoms with E-state index in [0.717, 1.165) is 24.6 Å². The molecule has 0 aliphatic carbocycles. The fourth-order valence-corrected chi connectivity index (χ4v) is 3.02. The van der Waals surface area contributed by atoms with Crippen molar-refractivity contribution in [3.05, 3.63) is 47.7 Å². The first-order valence-corrected chi connectivity index (χ1v) is 8.55. The molecular weight excluding hydrogens is 300 g/mol. The second-order valence-electron chi connectivity index (χ2n) is 6.66. The van der Waals surface area contributed by atoms with E-state index >= 15 is 0 Å². The van der Waals surface area contributed by atoms with E-state index in [1.807, 2.05) is 26.1 Å². The number of hydrogen-bond donors (Lipinski definition) is 1. The second-order valence-corrected chi connectivity index (χ2v) is 6.66. The zero-order chi connectivity index (χ0) is 17.1. The quantitative estimate of drug-likeness (QED) is 0.933. The van der Waals surface area contributed by atoms with E-state index in [0.29, 0.717) is 11.9 Å². The third-order valence-corrected chi connectivity index (χ3v) is 4.43. The van der Waals surface area contributed by atoms with Crippen LogP contribution in [0.2, 0.25) is 0 Å². The van der Waals surface area contributed by atoms with E-state index in [1.54, 1.807) is 0 Å². The predicted molar refractivity (Wildman–Crippen MR) is 97.4 cm³/mol. The van der Waals surface area contributed by atoms with Gasteiger partial charge < -0.3 is 15.0 Å². The Bertz CT molecular complexity index is 674. The molecule has 0 radical (unpaired) electrons. The summed E-state index contributed by atoms with van der Waals surface area (Å²) >= 11 is 0. The number of ether oxygens (including phenoxy) is 1. The molecule has 0 amide bonds. The van der Waals surface area contributed by atoms with Gasteiger partial charge in [-0.1, -0.05) is 44.2 Å². The largest absolute Gasteiger partial charge is 0.366 e. The SMILES string of the molecule is CNc1nc(C)cc(N2C[C@@H](c3ccccc3)O[C@@H](C(C)C)C2)n1. The van der Waals surface area contributed by atoms with Crippen LogP contribution in [0.4, 0.5) is 11.8 Å². The molecule has 128 valence electrons. The molecule has 0 saturated carbocycles. The van der Waals surface area contributed by atoms with Gasteiger partial charge in [-0.25, -0.2) is 4.98 Å². The van der Waals surface area contributed by atoms with Gasteiger partial charge >= 0.3 is 0 Å². The van der Waals surface area contributed by atoms with Crippen molar-refractivity contribution in [1.29, 1.82) is 0 Å². The molecule has 5 heteroatoms. The Kier molecular flexibility index (Phi) is 5.00. The molecule has 0 spiro atoms. The molecule has 1 aliphatic rings. The Balaban J connectivity index is 1.90. The van der Waals surface area contributed by atoms with Gasteiger partial charge in [-0.2, -0.15) is 4.98 Å². The van der Waals surface area contributed by atoms with E-state index < -0.39 is 0 Å². The molecule has 1 aromatic heterocycles. The summed E-state index contributed by atoms with van der Waals surface area (Å²) in [7, 11) is 1.85. The number of aromatic nitrogens is 2. The molecule has 2 atom stereocenters. The lowest BCUT2D eigenvalue weighted by Gasteiger charge is -2.40. The van der Waals surface area contributed by atoms with Gasteiger partial charge in [0.15, 0.2) is 0 Å². The summed E-state index contributed by atoms with van der Waals surface area (Å²) in [6, 6.07) is 12.5. The molecule has 0 bridgehead atoms. The van der Waals surface area contributed by atoms with Crippen molar-refractivity contribution in [3.63, 3.8) is 0 Å². The highest BCUT2D eigenvalue weighted by Crippen LogP contribution is 2.30. The number of nitrogens with zero attached hydrogens (tertiary/aromatic N) is 3. The highest BCUT2D eigenvalue weighted by atomic mass is 16.5. The maximum absolute atomic E-state index is 6.37. The summed E-state index contributed by atoms with van der Waals surface area (Å²) in [6.45, 7) is 8.06. The normalized spacial score (nSPS) is 21.1. The summed E-state index contributed by atoms with van der Waals surface area (Å²) in [6.07, 6.45) is 0.234. The molecule has 2 aromatic rings. The Morgan fingerprint density at radius 1 is 1.17 bits per heavy atom. The number of benzene rings is 1. The van der Waals surface area contributed by atoms with E-state index in [-0.39, 0.29) is 12.2 Å². The van der Waals surface area contributed by atoms with Crippen molar-refractivity contribution in [2.75, 3.05) is 30.4 Å². The first-order chi connectivity index (χ1) is 11.6. The Morgan fingerprint density at radius 3 is 2.58 bits per heavy atom. The van der Waals surface area contributed by atoms with Crippen LogP contribution in [0.15, 0.2) is 36.4 Å². The lowest BCUT2D eigenvalue weighted by Crippen LogP contribution is -2.46. The third-order valence-electron chi connectivity index (χ3n) is 4.43. The molecule has 0 unspecified atom stereocenters.